The minimum Gasteiger partial charge on any atom is -0.497 e. The summed E-state index contributed by atoms with van der Waals surface area (Å²) in [5.41, 5.74) is 8.06. The Morgan fingerprint density at radius 2 is 1.65 bits per heavy atom. The number of hydrazone groups is 1. The molecule has 0 bridgehead atoms. The van der Waals surface area contributed by atoms with Gasteiger partial charge in [0.25, 0.3) is 15.9 Å². The molecule has 10 nitrogen and oxygen atoms in total. The van der Waals surface area contributed by atoms with Gasteiger partial charge in [0.05, 0.1) is 42.1 Å². The van der Waals surface area contributed by atoms with E-state index in [1.165, 1.54) is 26.4 Å². The highest BCUT2D eigenvalue weighted by molar-refractivity contribution is 7.92. The number of methoxy groups -OCH3 is 2. The molecule has 246 valence electrons. The number of amides is 1. The zero-order valence-corrected chi connectivity index (χ0v) is 27.6. The molecule has 0 unspecified atom stereocenters. The van der Waals surface area contributed by atoms with Crippen molar-refractivity contribution in [2.24, 2.45) is 11.0 Å². The van der Waals surface area contributed by atoms with E-state index >= 15 is 0 Å². The number of para-hydroxylation sites is 1. The summed E-state index contributed by atoms with van der Waals surface area (Å²) in [6, 6.07) is 28.1. The Hall–Kier alpha value is -5.42. The van der Waals surface area contributed by atoms with Crippen LogP contribution in [0.1, 0.15) is 52.4 Å². The number of fused-ring (bicyclic) bond motifs is 3. The number of rotatable bonds is 10. The molecule has 3 atom stereocenters. The molecular weight excluding hydrogens is 628 g/mol. The SMILES string of the molecule is COC(=O)c1ccc([C@@H]2Nc3ccc(C(C)=NNC(=O)CN(c4ccccc4)S(=O)(=O)c4ccc(OC)cc4)cc3[C@@H]3C=CC[C@@H]32)cc1. The molecule has 2 N–H and O–H groups in total. The Kier molecular flexibility index (Phi) is 9.31. The zero-order valence-electron chi connectivity index (χ0n) is 26.8. The maximum Gasteiger partial charge on any atom is 0.337 e. The molecule has 4 aromatic carbocycles. The Bertz CT molecular complexity index is 1980. The Balaban J connectivity index is 1.19. The first-order valence-corrected chi connectivity index (χ1v) is 16.9. The fourth-order valence-corrected chi connectivity index (χ4v) is 7.68. The lowest BCUT2D eigenvalue weighted by atomic mass is 9.76. The van der Waals surface area contributed by atoms with E-state index in [4.69, 9.17) is 9.47 Å². The number of nitrogens with zero attached hydrogens (tertiary/aromatic N) is 2. The minimum atomic E-state index is -4.08. The number of carbonyl (C=O) groups excluding carboxylic acids is 2. The molecule has 0 aromatic heterocycles. The largest absolute Gasteiger partial charge is 0.497 e. The van der Waals surface area contributed by atoms with Gasteiger partial charge in [0.2, 0.25) is 0 Å². The van der Waals surface area contributed by atoms with Gasteiger partial charge in [-0.1, -0.05) is 48.6 Å². The van der Waals surface area contributed by atoms with Crippen LogP contribution in [0, 0.1) is 5.92 Å². The van der Waals surface area contributed by atoms with Gasteiger partial charge in [-0.05, 0) is 96.6 Å². The van der Waals surface area contributed by atoms with Gasteiger partial charge >= 0.3 is 5.97 Å². The summed E-state index contributed by atoms with van der Waals surface area (Å²) in [4.78, 5) is 25.1. The summed E-state index contributed by atoms with van der Waals surface area (Å²) in [7, 11) is -1.21. The molecule has 0 spiro atoms. The fourth-order valence-electron chi connectivity index (χ4n) is 6.25. The molecule has 0 fully saturated rings. The van der Waals surface area contributed by atoms with Gasteiger partial charge in [0.15, 0.2) is 0 Å². The molecule has 6 rings (SSSR count). The molecule has 48 heavy (non-hydrogen) atoms. The summed E-state index contributed by atoms with van der Waals surface area (Å²) in [6.45, 7) is 1.33. The summed E-state index contributed by atoms with van der Waals surface area (Å²) >= 11 is 0. The van der Waals surface area contributed by atoms with Crippen LogP contribution in [0.25, 0.3) is 0 Å². The van der Waals surface area contributed by atoms with E-state index in [1.54, 1.807) is 61.5 Å². The van der Waals surface area contributed by atoms with E-state index in [1.807, 2.05) is 24.3 Å². The third-order valence-corrected chi connectivity index (χ3v) is 10.6. The van der Waals surface area contributed by atoms with Crippen LogP contribution in [-0.2, 0) is 19.6 Å². The Labute approximate surface area is 280 Å². The summed E-state index contributed by atoms with van der Waals surface area (Å²) < 4.78 is 38.4. The molecule has 0 saturated heterocycles. The lowest BCUT2D eigenvalue weighted by molar-refractivity contribution is -0.119. The minimum absolute atomic E-state index is 0.0296. The first kappa shape index (κ1) is 32.5. The van der Waals surface area contributed by atoms with Crippen LogP contribution >= 0.6 is 0 Å². The van der Waals surface area contributed by atoms with Gasteiger partial charge in [0.1, 0.15) is 12.3 Å². The van der Waals surface area contributed by atoms with Crippen LogP contribution in [0.5, 0.6) is 5.75 Å². The highest BCUT2D eigenvalue weighted by atomic mass is 32.2. The number of allylic oxidation sites excluding steroid dienone is 2. The van der Waals surface area contributed by atoms with Crippen molar-refractivity contribution in [3.63, 3.8) is 0 Å². The van der Waals surface area contributed by atoms with Crippen molar-refractivity contribution in [1.82, 2.24) is 5.43 Å². The lowest BCUT2D eigenvalue weighted by Gasteiger charge is -2.37. The maximum absolute atomic E-state index is 13.7. The highest BCUT2D eigenvalue weighted by Gasteiger charge is 2.38. The van der Waals surface area contributed by atoms with Gasteiger partial charge in [-0.2, -0.15) is 5.10 Å². The van der Waals surface area contributed by atoms with Gasteiger partial charge < -0.3 is 14.8 Å². The number of anilines is 2. The van der Waals surface area contributed by atoms with E-state index in [9.17, 15) is 18.0 Å². The van der Waals surface area contributed by atoms with Gasteiger partial charge in [-0.3, -0.25) is 9.10 Å². The second-order valence-corrected chi connectivity index (χ2v) is 13.5. The van der Waals surface area contributed by atoms with Crippen molar-refractivity contribution in [1.29, 1.82) is 0 Å². The molecule has 2 aliphatic rings. The van der Waals surface area contributed by atoms with E-state index < -0.39 is 22.5 Å². The summed E-state index contributed by atoms with van der Waals surface area (Å²) in [5, 5.41) is 8.05. The zero-order chi connectivity index (χ0) is 33.8. The maximum atomic E-state index is 13.7. The van der Waals surface area contributed by atoms with Gasteiger partial charge in [-0.25, -0.2) is 18.6 Å². The standard InChI is InChI=1S/C37H36N4O6S/c1-24(39-40-35(42)23-41(28-8-5-4-6-9-28)48(44,45)30-19-17-29(46-2)18-20-30)27-16-21-34-33(22-27)31-10-7-11-32(31)36(38-34)25-12-14-26(15-13-25)37(43)47-3/h4-10,12-22,31-32,36,38H,11,23H2,1-3H3,(H,40,42)/t31-,32+,36+/m1/s1. The quantitative estimate of drug-likeness (QED) is 0.0916. The smallest absolute Gasteiger partial charge is 0.337 e. The van der Waals surface area contributed by atoms with E-state index in [0.29, 0.717) is 22.7 Å². The number of nitrogens with one attached hydrogen (secondary N) is 2. The van der Waals surface area contributed by atoms with E-state index in [2.05, 4.69) is 34.1 Å². The third-order valence-electron chi connectivity index (χ3n) is 8.80. The topological polar surface area (TPSA) is 126 Å². The first-order chi connectivity index (χ1) is 23.2. The second-order valence-electron chi connectivity index (χ2n) is 11.6. The number of carbonyl (C=O) groups is 2. The molecule has 1 heterocycles. The molecule has 11 heteroatoms. The van der Waals surface area contributed by atoms with Crippen LogP contribution in [0.15, 0.2) is 119 Å². The highest BCUT2D eigenvalue weighted by Crippen LogP contribution is 2.50. The number of hydrogen-bond acceptors (Lipinski definition) is 8. The molecule has 1 aliphatic heterocycles. The van der Waals surface area contributed by atoms with Crippen molar-refractivity contribution in [2.45, 2.75) is 30.2 Å². The van der Waals surface area contributed by atoms with Crippen molar-refractivity contribution in [3.05, 3.63) is 131 Å². The first-order valence-electron chi connectivity index (χ1n) is 15.5. The summed E-state index contributed by atoms with van der Waals surface area (Å²) in [5.74, 6) is 0.0278. The summed E-state index contributed by atoms with van der Waals surface area (Å²) in [6.07, 6.45) is 5.35. The van der Waals surface area contributed by atoms with E-state index in [-0.39, 0.29) is 28.7 Å². The predicted octanol–water partition coefficient (Wildman–Crippen LogP) is 6.04. The number of ether oxygens (including phenoxy) is 2. The van der Waals surface area contributed by atoms with Crippen LogP contribution in [0.3, 0.4) is 0 Å². The van der Waals surface area contributed by atoms with Gasteiger partial charge in [-0.15, -0.1) is 0 Å². The Morgan fingerprint density at radius 3 is 2.33 bits per heavy atom. The molecular formula is C37H36N4O6S. The Morgan fingerprint density at radius 1 is 0.938 bits per heavy atom. The normalized spacial score (nSPS) is 18.2. The predicted molar refractivity (Wildman–Crippen MR) is 185 cm³/mol. The fraction of sp³-hybridized carbons (Fsp3) is 0.216. The van der Waals surface area contributed by atoms with Crippen LogP contribution < -0.4 is 19.8 Å². The molecule has 1 aliphatic carbocycles. The number of benzene rings is 4. The second kappa shape index (κ2) is 13.7. The lowest BCUT2D eigenvalue weighted by Crippen LogP contribution is -2.39. The van der Waals surface area contributed by atoms with Gasteiger partial charge in [0, 0.05) is 11.6 Å². The van der Waals surface area contributed by atoms with E-state index in [0.717, 1.165) is 33.1 Å². The van der Waals surface area contributed by atoms with Crippen molar-refractivity contribution in [2.75, 3.05) is 30.4 Å². The van der Waals surface area contributed by atoms with Crippen LogP contribution in [0.2, 0.25) is 0 Å². The monoisotopic (exact) mass is 664 g/mol. The third kappa shape index (κ3) is 6.54. The molecule has 1 amide bonds. The molecule has 0 saturated carbocycles. The number of sulfonamides is 1. The van der Waals surface area contributed by atoms with Crippen LogP contribution in [0.4, 0.5) is 11.4 Å². The number of esters is 1. The van der Waals surface area contributed by atoms with Crippen molar-refractivity contribution < 1.29 is 27.5 Å². The van der Waals surface area contributed by atoms with Crippen LogP contribution in [-0.4, -0.2) is 46.8 Å². The van der Waals surface area contributed by atoms with Crippen molar-refractivity contribution in [3.8, 4) is 5.75 Å². The molecule has 4 aromatic rings. The average Bonchev–Trinajstić information content (AvgIpc) is 3.63. The molecule has 0 radical (unpaired) electrons. The van der Waals surface area contributed by atoms with Crippen molar-refractivity contribution >= 4 is 39.0 Å². The number of hydrogen-bond donors (Lipinski definition) is 2. The average molecular weight is 665 g/mol.